The van der Waals surface area contributed by atoms with Gasteiger partial charge in [-0.3, -0.25) is 14.3 Å². The topological polar surface area (TPSA) is 99.7 Å². The Morgan fingerprint density at radius 1 is 1.20 bits per heavy atom. The molecule has 1 fully saturated rings. The molecule has 8 heteroatoms. The van der Waals surface area contributed by atoms with Crippen LogP contribution in [0.2, 0.25) is 0 Å². The summed E-state index contributed by atoms with van der Waals surface area (Å²) in [5.41, 5.74) is 6.66. The van der Waals surface area contributed by atoms with Crippen molar-refractivity contribution in [3.63, 3.8) is 0 Å². The number of carbonyl (C=O) groups is 2. The third-order valence-corrected chi connectivity index (χ3v) is 5.18. The Kier molecular flexibility index (Phi) is 5.56. The summed E-state index contributed by atoms with van der Waals surface area (Å²) in [5.74, 6) is 1.33. The Morgan fingerprint density at radius 3 is 2.67 bits per heavy atom. The number of aromatic nitrogens is 2. The number of hydrogen-bond acceptors (Lipinski definition) is 5. The SMILES string of the molecule is Cn1ncc2cc(C(N)=O)c(Oc3ccc(OCCCN4CCCC4=O)cc3)cc21. The molecule has 1 aromatic heterocycles. The monoisotopic (exact) mass is 408 g/mol. The van der Waals surface area contributed by atoms with Crippen LogP contribution in [0.4, 0.5) is 0 Å². The minimum atomic E-state index is -0.563. The summed E-state index contributed by atoms with van der Waals surface area (Å²) >= 11 is 0. The summed E-state index contributed by atoms with van der Waals surface area (Å²) in [7, 11) is 1.82. The van der Waals surface area contributed by atoms with E-state index in [1.54, 1.807) is 35.1 Å². The summed E-state index contributed by atoms with van der Waals surface area (Å²) in [6.07, 6.45) is 4.08. The predicted molar refractivity (Wildman–Crippen MR) is 112 cm³/mol. The zero-order valence-corrected chi connectivity index (χ0v) is 16.8. The predicted octanol–water partition coefficient (Wildman–Crippen LogP) is 2.86. The largest absolute Gasteiger partial charge is 0.494 e. The van der Waals surface area contributed by atoms with E-state index in [-0.39, 0.29) is 5.91 Å². The highest BCUT2D eigenvalue weighted by Gasteiger charge is 2.19. The van der Waals surface area contributed by atoms with E-state index in [0.717, 1.165) is 36.8 Å². The molecule has 3 aromatic rings. The number of ether oxygens (including phenoxy) is 2. The van der Waals surface area contributed by atoms with Gasteiger partial charge in [-0.25, -0.2) is 0 Å². The maximum atomic E-state index is 11.8. The fraction of sp³-hybridized carbons (Fsp3) is 0.318. The van der Waals surface area contributed by atoms with Crippen molar-refractivity contribution in [2.24, 2.45) is 12.8 Å². The van der Waals surface area contributed by atoms with E-state index >= 15 is 0 Å². The quantitative estimate of drug-likeness (QED) is 0.578. The molecule has 0 spiro atoms. The summed E-state index contributed by atoms with van der Waals surface area (Å²) in [5, 5.41) is 5.01. The Labute approximate surface area is 174 Å². The first-order valence-corrected chi connectivity index (χ1v) is 9.95. The van der Waals surface area contributed by atoms with Gasteiger partial charge >= 0.3 is 0 Å². The molecule has 4 rings (SSSR count). The van der Waals surface area contributed by atoms with Gasteiger partial charge in [-0.2, -0.15) is 5.10 Å². The summed E-state index contributed by atoms with van der Waals surface area (Å²) in [6, 6.07) is 10.6. The Morgan fingerprint density at radius 2 is 1.97 bits per heavy atom. The molecule has 1 aliphatic heterocycles. The molecule has 1 aliphatic rings. The van der Waals surface area contributed by atoms with Crippen molar-refractivity contribution in [2.45, 2.75) is 19.3 Å². The average Bonchev–Trinajstić information content (AvgIpc) is 3.31. The van der Waals surface area contributed by atoms with Crippen LogP contribution in [0, 0.1) is 0 Å². The van der Waals surface area contributed by atoms with Crippen molar-refractivity contribution >= 4 is 22.7 Å². The van der Waals surface area contributed by atoms with Crippen LogP contribution >= 0.6 is 0 Å². The maximum Gasteiger partial charge on any atom is 0.252 e. The second-order valence-electron chi connectivity index (χ2n) is 7.30. The lowest BCUT2D eigenvalue weighted by molar-refractivity contribution is -0.127. The number of amides is 2. The molecule has 2 aromatic carbocycles. The van der Waals surface area contributed by atoms with Gasteiger partial charge in [0.15, 0.2) is 0 Å². The summed E-state index contributed by atoms with van der Waals surface area (Å²) in [4.78, 5) is 25.3. The molecule has 156 valence electrons. The standard InChI is InChI=1S/C22H24N4O4/c1-25-19-13-20(18(22(23)28)12-15(19)14-24-25)30-17-7-5-16(6-8-17)29-11-3-10-26-9-2-4-21(26)27/h5-8,12-14H,2-4,9-11H2,1H3,(H2,23,28). The lowest BCUT2D eigenvalue weighted by Gasteiger charge is -2.15. The maximum absolute atomic E-state index is 11.8. The first-order valence-electron chi connectivity index (χ1n) is 9.95. The molecular weight excluding hydrogens is 384 g/mol. The number of fused-ring (bicyclic) bond motifs is 1. The number of aryl methyl sites for hydroxylation is 1. The van der Waals surface area contributed by atoms with Gasteiger partial charge in [0.1, 0.15) is 17.2 Å². The van der Waals surface area contributed by atoms with Gasteiger partial charge < -0.3 is 20.1 Å². The molecule has 2 amide bonds. The van der Waals surface area contributed by atoms with Gasteiger partial charge in [0, 0.05) is 38.0 Å². The van der Waals surface area contributed by atoms with Crippen molar-refractivity contribution in [2.75, 3.05) is 19.7 Å². The third kappa shape index (κ3) is 4.22. The van der Waals surface area contributed by atoms with E-state index in [9.17, 15) is 9.59 Å². The molecule has 0 saturated carbocycles. The number of hydrogen-bond donors (Lipinski definition) is 1. The van der Waals surface area contributed by atoms with Crippen molar-refractivity contribution < 1.29 is 19.1 Å². The molecule has 0 bridgehead atoms. The minimum Gasteiger partial charge on any atom is -0.494 e. The van der Waals surface area contributed by atoms with Crippen LogP contribution in [0.3, 0.4) is 0 Å². The van der Waals surface area contributed by atoms with Crippen LogP contribution in [0.5, 0.6) is 17.2 Å². The summed E-state index contributed by atoms with van der Waals surface area (Å²) in [6.45, 7) is 2.11. The Bertz CT molecular complexity index is 1070. The number of carbonyl (C=O) groups excluding carboxylic acids is 2. The molecule has 0 atom stereocenters. The molecule has 1 saturated heterocycles. The minimum absolute atomic E-state index is 0.233. The van der Waals surface area contributed by atoms with E-state index in [4.69, 9.17) is 15.2 Å². The molecule has 8 nitrogen and oxygen atoms in total. The highest BCUT2D eigenvalue weighted by Crippen LogP contribution is 2.30. The van der Waals surface area contributed by atoms with Crippen LogP contribution in [0.1, 0.15) is 29.6 Å². The van der Waals surface area contributed by atoms with E-state index in [1.165, 1.54) is 0 Å². The fourth-order valence-electron chi connectivity index (χ4n) is 3.57. The van der Waals surface area contributed by atoms with Crippen LogP contribution in [-0.2, 0) is 11.8 Å². The van der Waals surface area contributed by atoms with Gasteiger partial charge in [-0.15, -0.1) is 0 Å². The Balaban J connectivity index is 1.38. The number of rotatable bonds is 8. The third-order valence-electron chi connectivity index (χ3n) is 5.18. The molecule has 0 unspecified atom stereocenters. The molecule has 0 aliphatic carbocycles. The number of nitrogens with two attached hydrogens (primary N) is 1. The van der Waals surface area contributed by atoms with Crippen molar-refractivity contribution in [1.82, 2.24) is 14.7 Å². The van der Waals surface area contributed by atoms with Gasteiger partial charge in [0.2, 0.25) is 5.91 Å². The molecule has 30 heavy (non-hydrogen) atoms. The average molecular weight is 408 g/mol. The smallest absolute Gasteiger partial charge is 0.252 e. The van der Waals surface area contributed by atoms with E-state index in [1.807, 2.05) is 24.1 Å². The number of likely N-dealkylation sites (tertiary alicyclic amines) is 1. The van der Waals surface area contributed by atoms with E-state index < -0.39 is 5.91 Å². The van der Waals surface area contributed by atoms with Crippen LogP contribution in [0.15, 0.2) is 42.6 Å². The fourth-order valence-corrected chi connectivity index (χ4v) is 3.57. The normalized spacial score (nSPS) is 13.8. The highest BCUT2D eigenvalue weighted by molar-refractivity contribution is 6.00. The summed E-state index contributed by atoms with van der Waals surface area (Å²) < 4.78 is 13.4. The zero-order chi connectivity index (χ0) is 21.1. The first-order chi connectivity index (χ1) is 14.5. The van der Waals surface area contributed by atoms with Crippen molar-refractivity contribution in [3.8, 4) is 17.2 Å². The van der Waals surface area contributed by atoms with Gasteiger partial charge in [-0.05, 0) is 43.2 Å². The lowest BCUT2D eigenvalue weighted by Crippen LogP contribution is -2.26. The Hall–Kier alpha value is -3.55. The first kappa shape index (κ1) is 19.8. The zero-order valence-electron chi connectivity index (χ0n) is 16.8. The molecule has 2 heterocycles. The van der Waals surface area contributed by atoms with Crippen molar-refractivity contribution in [3.05, 3.63) is 48.2 Å². The van der Waals surface area contributed by atoms with E-state index in [2.05, 4.69) is 5.10 Å². The highest BCUT2D eigenvalue weighted by atomic mass is 16.5. The van der Waals surface area contributed by atoms with Crippen LogP contribution in [0.25, 0.3) is 10.9 Å². The van der Waals surface area contributed by atoms with Crippen LogP contribution in [-0.4, -0.2) is 46.2 Å². The van der Waals surface area contributed by atoms with Crippen molar-refractivity contribution in [1.29, 1.82) is 0 Å². The van der Waals surface area contributed by atoms with Gasteiger partial charge in [0.05, 0.1) is 23.9 Å². The van der Waals surface area contributed by atoms with E-state index in [0.29, 0.717) is 35.8 Å². The van der Waals surface area contributed by atoms with Gasteiger partial charge in [-0.1, -0.05) is 0 Å². The number of primary amides is 1. The number of benzene rings is 2. The second-order valence-corrected chi connectivity index (χ2v) is 7.30. The van der Waals surface area contributed by atoms with Crippen LogP contribution < -0.4 is 15.2 Å². The lowest BCUT2D eigenvalue weighted by atomic mass is 10.1. The molecular formula is C22H24N4O4. The molecule has 2 N–H and O–H groups in total. The number of nitrogens with zero attached hydrogens (tertiary/aromatic N) is 3. The second kappa shape index (κ2) is 8.44. The van der Waals surface area contributed by atoms with Gasteiger partial charge in [0.25, 0.3) is 5.91 Å². The molecule has 0 radical (unpaired) electrons.